The van der Waals surface area contributed by atoms with Crippen molar-refractivity contribution in [3.05, 3.63) is 71.4 Å². The fraction of sp³-hybridized carbons (Fsp3) is 0.360. The zero-order chi connectivity index (χ0) is 20.8. The first-order valence-corrected chi connectivity index (χ1v) is 10.3. The van der Waals surface area contributed by atoms with E-state index >= 15 is 0 Å². The Morgan fingerprint density at radius 3 is 2.38 bits per heavy atom. The van der Waals surface area contributed by atoms with Gasteiger partial charge in [0.2, 0.25) is 5.91 Å². The van der Waals surface area contributed by atoms with Gasteiger partial charge in [0.1, 0.15) is 0 Å². The molecule has 2 aliphatic rings. The van der Waals surface area contributed by atoms with Crippen molar-refractivity contribution in [2.45, 2.75) is 46.6 Å². The van der Waals surface area contributed by atoms with Crippen LogP contribution < -0.4 is 10.2 Å². The maximum Gasteiger partial charge on any atom is 0.230 e. The summed E-state index contributed by atoms with van der Waals surface area (Å²) in [6.45, 7) is 8.07. The summed E-state index contributed by atoms with van der Waals surface area (Å²) in [6.07, 6.45) is 1.26. The van der Waals surface area contributed by atoms with Crippen LogP contribution in [-0.4, -0.2) is 11.7 Å². The third-order valence-corrected chi connectivity index (χ3v) is 5.75. The van der Waals surface area contributed by atoms with E-state index in [4.69, 9.17) is 0 Å². The molecule has 29 heavy (non-hydrogen) atoms. The van der Waals surface area contributed by atoms with Gasteiger partial charge in [-0.2, -0.15) is 0 Å². The van der Waals surface area contributed by atoms with Gasteiger partial charge < -0.3 is 5.32 Å². The van der Waals surface area contributed by atoms with Gasteiger partial charge in [-0.1, -0.05) is 70.2 Å². The highest BCUT2D eigenvalue weighted by Gasteiger charge is 2.43. The number of ketones is 1. The lowest BCUT2D eigenvalue weighted by atomic mass is 9.73. The number of fused-ring (bicyclic) bond motifs is 1. The van der Waals surface area contributed by atoms with E-state index in [0.29, 0.717) is 6.42 Å². The predicted octanol–water partition coefficient (Wildman–Crippen LogP) is 5.49. The molecule has 0 bridgehead atoms. The van der Waals surface area contributed by atoms with Gasteiger partial charge in [-0.05, 0) is 29.5 Å². The minimum absolute atomic E-state index is 0.0134. The molecule has 1 aliphatic heterocycles. The van der Waals surface area contributed by atoms with Crippen LogP contribution in [0.4, 0.5) is 11.4 Å². The fourth-order valence-corrected chi connectivity index (χ4v) is 4.46. The zero-order valence-electron chi connectivity index (χ0n) is 17.5. The molecule has 0 fully saturated rings. The lowest BCUT2D eigenvalue weighted by molar-refractivity contribution is -0.122. The molecular formula is C25H28N2O2. The number of amides is 1. The first-order valence-electron chi connectivity index (χ1n) is 10.3. The monoisotopic (exact) mass is 388 g/mol. The number of carbonyl (C=O) groups excluding carboxylic acids is 2. The van der Waals surface area contributed by atoms with E-state index in [1.165, 1.54) is 0 Å². The molecule has 1 heterocycles. The van der Waals surface area contributed by atoms with E-state index in [0.717, 1.165) is 34.6 Å². The number of para-hydroxylation sites is 2. The van der Waals surface area contributed by atoms with Gasteiger partial charge in [0, 0.05) is 23.6 Å². The lowest BCUT2D eigenvalue weighted by Crippen LogP contribution is -2.41. The van der Waals surface area contributed by atoms with Crippen LogP contribution in [0.1, 0.15) is 52.1 Å². The summed E-state index contributed by atoms with van der Waals surface area (Å²) in [6, 6.07) is 17.3. The van der Waals surface area contributed by atoms with Crippen LogP contribution in [-0.2, 0) is 9.59 Å². The third kappa shape index (κ3) is 3.48. The fourth-order valence-electron chi connectivity index (χ4n) is 4.46. The first kappa shape index (κ1) is 19.4. The summed E-state index contributed by atoms with van der Waals surface area (Å²) in [5, 5.41) is 3.54. The van der Waals surface area contributed by atoms with Gasteiger partial charge in [-0.3, -0.25) is 14.5 Å². The molecule has 2 aromatic rings. The average molecular weight is 389 g/mol. The van der Waals surface area contributed by atoms with E-state index in [-0.39, 0.29) is 23.0 Å². The summed E-state index contributed by atoms with van der Waals surface area (Å²) in [7, 11) is 0. The number of rotatable bonds is 2. The minimum Gasteiger partial charge on any atom is -0.357 e. The second-order valence-electron chi connectivity index (χ2n) is 9.15. The topological polar surface area (TPSA) is 49.4 Å². The Kier molecular flexibility index (Phi) is 4.81. The van der Waals surface area contributed by atoms with Crippen molar-refractivity contribution in [2.24, 2.45) is 11.3 Å². The molecular weight excluding hydrogens is 360 g/mol. The molecule has 0 aromatic heterocycles. The standard InChI is InChI=1S/C25H28N2O2/c1-16(2)24(29)27-20-13-9-8-12-18(20)26-19-14-25(3,4)15-21(28)22(19)23(27)17-10-6-5-7-11-17/h5-13,16,23,26H,14-15H2,1-4H3/t23-/m1/s1. The Bertz CT molecular complexity index is 989. The number of Topliss-reactive ketones (excluding diaryl/α,β-unsaturated/α-hetero) is 1. The Balaban J connectivity index is 2.02. The van der Waals surface area contributed by atoms with Crippen LogP contribution in [0.2, 0.25) is 0 Å². The molecule has 1 atom stereocenters. The summed E-state index contributed by atoms with van der Waals surface area (Å²) >= 11 is 0. The van der Waals surface area contributed by atoms with Crippen molar-refractivity contribution in [1.29, 1.82) is 0 Å². The van der Waals surface area contributed by atoms with E-state index in [1.807, 2.05) is 73.3 Å². The highest BCUT2D eigenvalue weighted by molar-refractivity contribution is 6.06. The number of nitrogens with one attached hydrogen (secondary N) is 1. The van der Waals surface area contributed by atoms with Crippen molar-refractivity contribution in [3.8, 4) is 0 Å². The molecule has 4 nitrogen and oxygen atoms in total. The largest absolute Gasteiger partial charge is 0.357 e. The van der Waals surface area contributed by atoms with E-state index in [1.54, 1.807) is 0 Å². The number of carbonyl (C=O) groups is 2. The van der Waals surface area contributed by atoms with Gasteiger partial charge in [0.05, 0.1) is 17.4 Å². The Morgan fingerprint density at radius 1 is 1.03 bits per heavy atom. The minimum atomic E-state index is -0.430. The van der Waals surface area contributed by atoms with Crippen LogP contribution in [0.3, 0.4) is 0 Å². The maximum absolute atomic E-state index is 13.5. The highest BCUT2D eigenvalue weighted by atomic mass is 16.2. The maximum atomic E-state index is 13.5. The van der Waals surface area contributed by atoms with Crippen LogP contribution in [0.5, 0.6) is 0 Å². The number of anilines is 2. The summed E-state index contributed by atoms with van der Waals surface area (Å²) in [5.74, 6) is -0.0574. The molecule has 0 spiro atoms. The van der Waals surface area contributed by atoms with Crippen molar-refractivity contribution in [2.75, 3.05) is 10.2 Å². The first-order chi connectivity index (χ1) is 13.8. The van der Waals surface area contributed by atoms with E-state index in [9.17, 15) is 9.59 Å². The molecule has 4 rings (SSSR count). The van der Waals surface area contributed by atoms with Gasteiger partial charge in [0.25, 0.3) is 0 Å². The molecule has 0 radical (unpaired) electrons. The zero-order valence-corrected chi connectivity index (χ0v) is 17.5. The van der Waals surface area contributed by atoms with Crippen molar-refractivity contribution in [3.63, 3.8) is 0 Å². The molecule has 1 aliphatic carbocycles. The van der Waals surface area contributed by atoms with Crippen LogP contribution in [0.15, 0.2) is 65.9 Å². The van der Waals surface area contributed by atoms with Crippen LogP contribution in [0, 0.1) is 11.3 Å². The SMILES string of the molecule is CC(C)C(=O)N1c2ccccc2NC2=C(C(=O)CC(C)(C)C2)[C@H]1c1ccccc1. The molecule has 0 unspecified atom stereocenters. The van der Waals surface area contributed by atoms with E-state index in [2.05, 4.69) is 19.2 Å². The molecule has 150 valence electrons. The molecule has 0 saturated carbocycles. The van der Waals surface area contributed by atoms with Crippen molar-refractivity contribution >= 4 is 23.1 Å². The van der Waals surface area contributed by atoms with Gasteiger partial charge in [0.15, 0.2) is 5.78 Å². The van der Waals surface area contributed by atoms with Gasteiger partial charge in [-0.15, -0.1) is 0 Å². The number of hydrogen-bond acceptors (Lipinski definition) is 3. The summed E-state index contributed by atoms with van der Waals surface area (Å²) in [4.78, 5) is 28.7. The number of benzene rings is 2. The second-order valence-corrected chi connectivity index (χ2v) is 9.15. The highest BCUT2D eigenvalue weighted by Crippen LogP contribution is 2.48. The van der Waals surface area contributed by atoms with Crippen molar-refractivity contribution < 1.29 is 9.59 Å². The van der Waals surface area contributed by atoms with E-state index < -0.39 is 6.04 Å². The Morgan fingerprint density at radius 2 is 1.69 bits per heavy atom. The molecule has 4 heteroatoms. The smallest absolute Gasteiger partial charge is 0.230 e. The average Bonchev–Trinajstić information content (AvgIpc) is 2.81. The van der Waals surface area contributed by atoms with Crippen LogP contribution >= 0.6 is 0 Å². The summed E-state index contributed by atoms with van der Waals surface area (Å²) in [5.41, 5.74) is 4.20. The number of nitrogens with zero attached hydrogens (tertiary/aromatic N) is 1. The molecule has 1 N–H and O–H groups in total. The Labute approximate surface area is 172 Å². The second kappa shape index (κ2) is 7.18. The van der Waals surface area contributed by atoms with Gasteiger partial charge in [-0.25, -0.2) is 0 Å². The molecule has 1 amide bonds. The van der Waals surface area contributed by atoms with Crippen LogP contribution in [0.25, 0.3) is 0 Å². The lowest BCUT2D eigenvalue weighted by Gasteiger charge is -2.37. The number of allylic oxidation sites excluding steroid dienone is 1. The van der Waals surface area contributed by atoms with Crippen molar-refractivity contribution in [1.82, 2.24) is 0 Å². The molecule has 0 saturated heterocycles. The summed E-state index contributed by atoms with van der Waals surface area (Å²) < 4.78 is 0. The third-order valence-electron chi connectivity index (χ3n) is 5.75. The van der Waals surface area contributed by atoms with Gasteiger partial charge >= 0.3 is 0 Å². The normalized spacial score (nSPS) is 20.7. The Hall–Kier alpha value is -2.88. The quantitative estimate of drug-likeness (QED) is 0.740. The predicted molar refractivity (Wildman–Crippen MR) is 117 cm³/mol. The number of hydrogen-bond donors (Lipinski definition) is 1. The molecule has 2 aromatic carbocycles.